The lowest BCUT2D eigenvalue weighted by atomic mass is 9.96. The Balaban J connectivity index is 2.25. The summed E-state index contributed by atoms with van der Waals surface area (Å²) in [4.78, 5) is 9.20. The van der Waals surface area contributed by atoms with Crippen molar-refractivity contribution in [1.29, 1.82) is 0 Å². The van der Waals surface area contributed by atoms with E-state index in [1.165, 1.54) is 0 Å². The van der Waals surface area contributed by atoms with Crippen LogP contribution in [0, 0.1) is 15.9 Å². The summed E-state index contributed by atoms with van der Waals surface area (Å²) in [5.74, 6) is -1.13. The van der Waals surface area contributed by atoms with Crippen molar-refractivity contribution in [3.63, 3.8) is 0 Å². The maximum atomic E-state index is 13.8. The topological polar surface area (TPSA) is 89.3 Å². The van der Waals surface area contributed by atoms with E-state index >= 15 is 0 Å². The van der Waals surface area contributed by atoms with Crippen LogP contribution in [0.15, 0.2) is 23.1 Å². The Morgan fingerprint density at radius 2 is 2.00 bits per heavy atom. The number of nitro benzene ring substituents is 1. The maximum Gasteiger partial charge on any atom is 0.272 e. The zero-order valence-corrected chi connectivity index (χ0v) is 13.4. The average molecular weight is 381 g/mol. The van der Waals surface area contributed by atoms with Gasteiger partial charge in [0.05, 0.1) is 11.0 Å². The predicted octanol–water partition coefficient (Wildman–Crippen LogP) is 2.72. The van der Waals surface area contributed by atoms with E-state index in [9.17, 15) is 22.9 Å². The third-order valence-corrected chi connectivity index (χ3v) is 6.02. The van der Waals surface area contributed by atoms with Crippen molar-refractivity contribution in [2.75, 3.05) is 0 Å². The first-order valence-electron chi connectivity index (χ1n) is 6.41. The summed E-state index contributed by atoms with van der Waals surface area (Å²) in [6.07, 6.45) is 3.43. The number of benzene rings is 1. The Bertz CT molecular complexity index is 653. The van der Waals surface area contributed by atoms with Gasteiger partial charge in [0.1, 0.15) is 10.7 Å². The number of sulfonamides is 1. The van der Waals surface area contributed by atoms with E-state index in [-0.39, 0.29) is 10.9 Å². The van der Waals surface area contributed by atoms with Crippen molar-refractivity contribution < 1.29 is 17.7 Å². The van der Waals surface area contributed by atoms with Gasteiger partial charge in [-0.25, -0.2) is 17.5 Å². The summed E-state index contributed by atoms with van der Waals surface area (Å²) in [6.45, 7) is 0. The fourth-order valence-corrected chi connectivity index (χ4v) is 4.57. The summed E-state index contributed by atoms with van der Waals surface area (Å²) >= 11 is 3.42. The van der Waals surface area contributed by atoms with Crippen LogP contribution in [0.3, 0.4) is 0 Å². The zero-order chi connectivity index (χ0) is 15.6. The largest absolute Gasteiger partial charge is 0.272 e. The molecule has 0 bridgehead atoms. The number of alkyl halides is 1. The molecular weight excluding hydrogens is 367 g/mol. The molecule has 2 atom stereocenters. The average Bonchev–Trinajstić information content (AvgIpc) is 2.40. The van der Waals surface area contributed by atoms with Crippen molar-refractivity contribution in [3.05, 3.63) is 34.1 Å². The number of rotatable bonds is 4. The number of non-ortho nitro benzene ring substituents is 1. The second-order valence-electron chi connectivity index (χ2n) is 4.90. The summed E-state index contributed by atoms with van der Waals surface area (Å²) in [5.41, 5.74) is -0.484. The third-order valence-electron chi connectivity index (χ3n) is 3.40. The van der Waals surface area contributed by atoms with Crippen LogP contribution in [0.2, 0.25) is 0 Å². The van der Waals surface area contributed by atoms with Gasteiger partial charge in [-0.2, -0.15) is 0 Å². The Labute approximate surface area is 130 Å². The van der Waals surface area contributed by atoms with Gasteiger partial charge in [0.15, 0.2) is 0 Å². The standard InChI is InChI=1S/C12H14BrFN2O4S/c13-9-3-1-2-4-11(9)15-21(19,20)12-6-5-8(16(17)18)7-10(12)14/h5-7,9,11,15H,1-4H2. The molecule has 0 spiro atoms. The van der Waals surface area contributed by atoms with Gasteiger partial charge in [0, 0.05) is 16.9 Å². The van der Waals surface area contributed by atoms with Gasteiger partial charge in [-0.05, 0) is 18.9 Å². The van der Waals surface area contributed by atoms with E-state index in [2.05, 4.69) is 20.7 Å². The lowest BCUT2D eigenvalue weighted by Gasteiger charge is -2.27. The van der Waals surface area contributed by atoms with Gasteiger partial charge in [-0.3, -0.25) is 10.1 Å². The zero-order valence-electron chi connectivity index (χ0n) is 11.0. The Morgan fingerprint density at radius 1 is 1.33 bits per heavy atom. The van der Waals surface area contributed by atoms with Crippen LogP contribution in [0.4, 0.5) is 10.1 Å². The molecule has 21 heavy (non-hydrogen) atoms. The second kappa shape index (κ2) is 6.37. The fraction of sp³-hybridized carbons (Fsp3) is 0.500. The number of hydrogen-bond acceptors (Lipinski definition) is 4. The smallest absolute Gasteiger partial charge is 0.258 e. The molecule has 116 valence electrons. The molecule has 0 radical (unpaired) electrons. The van der Waals surface area contributed by atoms with Crippen LogP contribution >= 0.6 is 15.9 Å². The summed E-state index contributed by atoms with van der Waals surface area (Å²) < 4.78 is 40.7. The molecule has 1 saturated carbocycles. The van der Waals surface area contributed by atoms with Crippen molar-refractivity contribution in [1.82, 2.24) is 4.72 Å². The van der Waals surface area contributed by atoms with Crippen molar-refractivity contribution in [3.8, 4) is 0 Å². The highest BCUT2D eigenvalue weighted by molar-refractivity contribution is 9.09. The second-order valence-corrected chi connectivity index (χ2v) is 7.76. The van der Waals surface area contributed by atoms with Gasteiger partial charge in [0.25, 0.3) is 5.69 Å². The van der Waals surface area contributed by atoms with E-state index < -0.39 is 31.3 Å². The number of nitrogens with zero attached hydrogens (tertiary/aromatic N) is 1. The van der Waals surface area contributed by atoms with Gasteiger partial charge < -0.3 is 0 Å². The molecule has 0 saturated heterocycles. The molecule has 1 N–H and O–H groups in total. The molecule has 1 aromatic carbocycles. The minimum atomic E-state index is -4.04. The lowest BCUT2D eigenvalue weighted by Crippen LogP contribution is -2.42. The third kappa shape index (κ3) is 3.78. The van der Waals surface area contributed by atoms with Crippen LogP contribution in [0.1, 0.15) is 25.7 Å². The molecular formula is C12H14BrFN2O4S. The Hall–Kier alpha value is -1.06. The number of halogens is 2. The highest BCUT2D eigenvalue weighted by Gasteiger charge is 2.29. The van der Waals surface area contributed by atoms with Crippen LogP contribution < -0.4 is 4.72 Å². The normalized spacial score (nSPS) is 23.0. The highest BCUT2D eigenvalue weighted by Crippen LogP contribution is 2.27. The summed E-state index contributed by atoms with van der Waals surface area (Å²) in [5, 5.41) is 10.5. The van der Waals surface area contributed by atoms with Gasteiger partial charge in [-0.1, -0.05) is 28.8 Å². The Morgan fingerprint density at radius 3 is 2.57 bits per heavy atom. The minimum absolute atomic E-state index is 0.00198. The van der Waals surface area contributed by atoms with Crippen LogP contribution in [-0.4, -0.2) is 24.2 Å². The molecule has 9 heteroatoms. The quantitative estimate of drug-likeness (QED) is 0.493. The molecule has 2 unspecified atom stereocenters. The molecule has 0 heterocycles. The highest BCUT2D eigenvalue weighted by atomic mass is 79.9. The molecule has 0 aromatic heterocycles. The van der Waals surface area contributed by atoms with Crippen LogP contribution in [0.5, 0.6) is 0 Å². The first-order valence-corrected chi connectivity index (χ1v) is 8.81. The molecule has 1 aromatic rings. The molecule has 6 nitrogen and oxygen atoms in total. The van der Waals surface area contributed by atoms with E-state index in [1.807, 2.05) is 0 Å². The van der Waals surface area contributed by atoms with Crippen molar-refractivity contribution >= 4 is 31.6 Å². The SMILES string of the molecule is O=[N+]([O-])c1ccc(S(=O)(=O)NC2CCCCC2Br)c(F)c1. The number of nitro groups is 1. The fourth-order valence-electron chi connectivity index (χ4n) is 2.30. The van der Waals surface area contributed by atoms with E-state index in [0.717, 1.165) is 31.4 Å². The first-order chi connectivity index (χ1) is 9.81. The van der Waals surface area contributed by atoms with E-state index in [1.54, 1.807) is 0 Å². The molecule has 2 rings (SSSR count). The predicted molar refractivity (Wildman–Crippen MR) is 78.3 cm³/mol. The lowest BCUT2D eigenvalue weighted by molar-refractivity contribution is -0.385. The molecule has 0 amide bonds. The minimum Gasteiger partial charge on any atom is -0.258 e. The van der Waals surface area contributed by atoms with Gasteiger partial charge in [-0.15, -0.1) is 0 Å². The van der Waals surface area contributed by atoms with E-state index in [0.29, 0.717) is 12.5 Å². The van der Waals surface area contributed by atoms with Gasteiger partial charge >= 0.3 is 0 Å². The van der Waals surface area contributed by atoms with E-state index in [4.69, 9.17) is 0 Å². The van der Waals surface area contributed by atoms with Crippen LogP contribution in [-0.2, 0) is 10.0 Å². The summed E-state index contributed by atoms with van der Waals surface area (Å²) in [7, 11) is -4.04. The Kier molecular flexibility index (Phi) is 4.95. The van der Waals surface area contributed by atoms with Crippen LogP contribution in [0.25, 0.3) is 0 Å². The molecule has 1 fully saturated rings. The first kappa shape index (κ1) is 16.3. The van der Waals surface area contributed by atoms with Gasteiger partial charge in [0.2, 0.25) is 10.0 Å². The summed E-state index contributed by atoms with van der Waals surface area (Å²) in [6, 6.07) is 2.20. The number of hydrogen-bond donors (Lipinski definition) is 1. The van der Waals surface area contributed by atoms with Crippen molar-refractivity contribution in [2.45, 2.75) is 41.4 Å². The van der Waals surface area contributed by atoms with Crippen molar-refractivity contribution in [2.24, 2.45) is 0 Å². The maximum absolute atomic E-state index is 13.8. The molecule has 1 aliphatic rings. The molecule has 0 aliphatic heterocycles. The number of nitrogens with one attached hydrogen (secondary N) is 1. The molecule has 1 aliphatic carbocycles. The monoisotopic (exact) mass is 380 g/mol.